The van der Waals surface area contributed by atoms with Crippen LogP contribution in [-0.2, 0) is 4.74 Å². The molecule has 128 valence electrons. The molecule has 2 aromatic carbocycles. The molecular weight excluding hydrogens is 321 g/mol. The van der Waals surface area contributed by atoms with Crippen molar-refractivity contribution in [3.63, 3.8) is 0 Å². The first-order valence-electron chi connectivity index (χ1n) is 7.71. The summed E-state index contributed by atoms with van der Waals surface area (Å²) >= 11 is 0. The largest absolute Gasteiger partial charge is 0.464 e. The maximum absolute atomic E-state index is 13.7. The molecule has 3 aromatic rings. The van der Waals surface area contributed by atoms with Crippen molar-refractivity contribution in [1.82, 2.24) is 4.98 Å². The lowest BCUT2D eigenvalue weighted by atomic mass is 10.1. The number of fused-ring (bicyclic) bond motifs is 1. The van der Waals surface area contributed by atoms with Crippen LogP contribution >= 0.6 is 0 Å². The van der Waals surface area contributed by atoms with E-state index in [9.17, 15) is 9.18 Å². The Balaban J connectivity index is 2.06. The molecule has 0 fully saturated rings. The lowest BCUT2D eigenvalue weighted by Gasteiger charge is -2.15. The number of benzene rings is 2. The quantitative estimate of drug-likeness (QED) is 0.729. The third-order valence-corrected chi connectivity index (χ3v) is 3.83. The highest BCUT2D eigenvalue weighted by atomic mass is 19.1. The van der Waals surface area contributed by atoms with Gasteiger partial charge in [-0.15, -0.1) is 0 Å². The summed E-state index contributed by atoms with van der Waals surface area (Å²) in [4.78, 5) is 18.1. The van der Waals surface area contributed by atoms with Gasteiger partial charge in [0.25, 0.3) is 0 Å². The molecule has 0 saturated heterocycles. The van der Waals surface area contributed by atoms with Gasteiger partial charge in [0, 0.05) is 30.9 Å². The Kier molecular flexibility index (Phi) is 4.52. The minimum atomic E-state index is -0.544. The number of halogens is 1. The lowest BCUT2D eigenvalue weighted by Crippen LogP contribution is -2.08. The number of ether oxygens (including phenoxy) is 1. The van der Waals surface area contributed by atoms with E-state index in [0.29, 0.717) is 16.6 Å². The fourth-order valence-corrected chi connectivity index (χ4v) is 2.51. The van der Waals surface area contributed by atoms with Crippen LogP contribution in [0, 0.1) is 5.82 Å². The second kappa shape index (κ2) is 6.76. The van der Waals surface area contributed by atoms with Crippen LogP contribution in [0.15, 0.2) is 48.5 Å². The smallest absolute Gasteiger partial charge is 0.356 e. The average molecular weight is 339 g/mol. The molecule has 3 rings (SSSR count). The van der Waals surface area contributed by atoms with Gasteiger partial charge in [-0.3, -0.25) is 0 Å². The van der Waals surface area contributed by atoms with Crippen molar-refractivity contribution in [1.29, 1.82) is 0 Å². The summed E-state index contributed by atoms with van der Waals surface area (Å²) in [5, 5.41) is 3.81. The van der Waals surface area contributed by atoms with Crippen molar-refractivity contribution in [3.8, 4) is 0 Å². The van der Waals surface area contributed by atoms with Crippen molar-refractivity contribution in [2.24, 2.45) is 0 Å². The van der Waals surface area contributed by atoms with E-state index in [0.717, 1.165) is 11.4 Å². The second-order valence-corrected chi connectivity index (χ2v) is 5.77. The minimum absolute atomic E-state index is 0.161. The first-order valence-corrected chi connectivity index (χ1v) is 7.71. The van der Waals surface area contributed by atoms with Crippen LogP contribution in [0.1, 0.15) is 10.5 Å². The van der Waals surface area contributed by atoms with Gasteiger partial charge in [0.2, 0.25) is 0 Å². The third kappa shape index (κ3) is 3.52. The lowest BCUT2D eigenvalue weighted by molar-refractivity contribution is 0.0594. The van der Waals surface area contributed by atoms with Crippen molar-refractivity contribution >= 4 is 33.9 Å². The van der Waals surface area contributed by atoms with Gasteiger partial charge in [0.15, 0.2) is 5.69 Å². The predicted octanol–water partition coefficient (Wildman–Crippen LogP) is 3.97. The number of nitrogens with one attached hydrogen (secondary N) is 1. The molecule has 6 heteroatoms. The maximum Gasteiger partial charge on any atom is 0.356 e. The number of carbonyl (C=O) groups is 1. The molecule has 0 aliphatic rings. The third-order valence-electron chi connectivity index (χ3n) is 3.83. The number of pyridine rings is 1. The van der Waals surface area contributed by atoms with Crippen molar-refractivity contribution in [2.45, 2.75) is 0 Å². The van der Waals surface area contributed by atoms with Gasteiger partial charge in [0.1, 0.15) is 5.82 Å². The molecule has 0 aliphatic heterocycles. The van der Waals surface area contributed by atoms with Gasteiger partial charge >= 0.3 is 5.97 Å². The van der Waals surface area contributed by atoms with Gasteiger partial charge in [-0.2, -0.15) is 0 Å². The molecule has 25 heavy (non-hydrogen) atoms. The average Bonchev–Trinajstić information content (AvgIpc) is 2.61. The molecule has 5 nitrogen and oxygen atoms in total. The molecular formula is C19H18FN3O2. The van der Waals surface area contributed by atoms with Crippen LogP contribution in [0.3, 0.4) is 0 Å². The molecule has 0 bridgehead atoms. The van der Waals surface area contributed by atoms with Crippen LogP contribution in [0.5, 0.6) is 0 Å². The van der Waals surface area contributed by atoms with Crippen LogP contribution in [0.2, 0.25) is 0 Å². The van der Waals surface area contributed by atoms with E-state index < -0.39 is 5.97 Å². The summed E-state index contributed by atoms with van der Waals surface area (Å²) in [6, 6.07) is 13.6. The minimum Gasteiger partial charge on any atom is -0.464 e. The number of anilines is 3. The van der Waals surface area contributed by atoms with E-state index in [4.69, 9.17) is 4.74 Å². The highest BCUT2D eigenvalue weighted by Crippen LogP contribution is 2.28. The number of methoxy groups -OCH3 is 1. The summed E-state index contributed by atoms with van der Waals surface area (Å²) in [6.45, 7) is 0. The van der Waals surface area contributed by atoms with Gasteiger partial charge in [-0.25, -0.2) is 14.2 Å². The Morgan fingerprint density at radius 1 is 1.12 bits per heavy atom. The van der Waals surface area contributed by atoms with E-state index in [1.165, 1.54) is 25.3 Å². The highest BCUT2D eigenvalue weighted by Gasteiger charge is 2.13. The highest BCUT2D eigenvalue weighted by molar-refractivity contribution is 5.98. The van der Waals surface area contributed by atoms with Crippen molar-refractivity contribution in [3.05, 3.63) is 60.0 Å². The van der Waals surface area contributed by atoms with E-state index in [1.54, 1.807) is 6.07 Å². The molecule has 1 heterocycles. The zero-order chi connectivity index (χ0) is 18.0. The summed E-state index contributed by atoms with van der Waals surface area (Å²) in [5.74, 6) is -0.914. The molecule has 0 radical (unpaired) electrons. The molecule has 0 atom stereocenters. The van der Waals surface area contributed by atoms with Gasteiger partial charge in [-0.05, 0) is 48.5 Å². The van der Waals surface area contributed by atoms with Crippen molar-refractivity contribution < 1.29 is 13.9 Å². The number of rotatable bonds is 4. The Morgan fingerprint density at radius 2 is 1.84 bits per heavy atom. The first-order chi connectivity index (χ1) is 12.0. The Morgan fingerprint density at radius 3 is 2.48 bits per heavy atom. The van der Waals surface area contributed by atoms with Crippen LogP contribution < -0.4 is 10.2 Å². The standard InChI is InChI=1S/C19H18FN3O2/c1-23(2)14-7-5-13(6-8-14)21-17-11-18(19(24)25-3)22-16-9-4-12(20)10-15(16)17/h4-11H,1-3H3,(H,21,22). The van der Waals surface area contributed by atoms with Crippen LogP contribution in [0.25, 0.3) is 10.9 Å². The Labute approximate surface area is 145 Å². The number of aromatic nitrogens is 1. The summed E-state index contributed by atoms with van der Waals surface area (Å²) in [6.07, 6.45) is 0. The summed E-state index contributed by atoms with van der Waals surface area (Å²) in [7, 11) is 5.22. The van der Waals surface area contributed by atoms with Crippen molar-refractivity contribution in [2.75, 3.05) is 31.4 Å². The number of carbonyl (C=O) groups excluding carboxylic acids is 1. The molecule has 0 amide bonds. The van der Waals surface area contributed by atoms with E-state index in [2.05, 4.69) is 10.3 Å². The molecule has 0 spiro atoms. The molecule has 1 N–H and O–H groups in total. The van der Waals surface area contributed by atoms with Gasteiger partial charge < -0.3 is 15.0 Å². The molecule has 0 saturated carbocycles. The SMILES string of the molecule is COC(=O)c1cc(Nc2ccc(N(C)C)cc2)c2cc(F)ccc2n1. The number of nitrogens with zero attached hydrogens (tertiary/aromatic N) is 2. The number of esters is 1. The number of hydrogen-bond acceptors (Lipinski definition) is 5. The fraction of sp³-hybridized carbons (Fsp3) is 0.158. The number of hydrogen-bond donors (Lipinski definition) is 1. The second-order valence-electron chi connectivity index (χ2n) is 5.77. The zero-order valence-corrected chi connectivity index (χ0v) is 14.2. The normalized spacial score (nSPS) is 10.6. The predicted molar refractivity (Wildman–Crippen MR) is 97.1 cm³/mol. The summed E-state index contributed by atoms with van der Waals surface area (Å²) < 4.78 is 18.4. The van der Waals surface area contributed by atoms with E-state index in [1.807, 2.05) is 43.3 Å². The maximum atomic E-state index is 13.7. The van der Waals surface area contributed by atoms with E-state index in [-0.39, 0.29) is 11.5 Å². The Hall–Kier alpha value is -3.15. The Bertz CT molecular complexity index is 924. The fourth-order valence-electron chi connectivity index (χ4n) is 2.51. The molecule has 0 unspecified atom stereocenters. The molecule has 1 aromatic heterocycles. The summed E-state index contributed by atoms with van der Waals surface area (Å²) in [5.41, 5.74) is 3.14. The topological polar surface area (TPSA) is 54.5 Å². The zero-order valence-electron chi connectivity index (χ0n) is 14.2. The van der Waals surface area contributed by atoms with Gasteiger partial charge in [-0.1, -0.05) is 0 Å². The van der Waals surface area contributed by atoms with Crippen LogP contribution in [-0.4, -0.2) is 32.2 Å². The van der Waals surface area contributed by atoms with Crippen LogP contribution in [0.4, 0.5) is 21.5 Å². The first kappa shape index (κ1) is 16.7. The van der Waals surface area contributed by atoms with Gasteiger partial charge in [0.05, 0.1) is 18.3 Å². The molecule has 0 aliphatic carbocycles. The monoisotopic (exact) mass is 339 g/mol. The van der Waals surface area contributed by atoms with E-state index >= 15 is 0 Å².